The lowest BCUT2D eigenvalue weighted by Crippen LogP contribution is -2.37. The topological polar surface area (TPSA) is 93.9 Å². The van der Waals surface area contributed by atoms with E-state index in [1.807, 2.05) is 25.7 Å². The summed E-state index contributed by atoms with van der Waals surface area (Å²) < 4.78 is 10.5. The van der Waals surface area contributed by atoms with Crippen LogP contribution >= 0.6 is 0 Å². The molecule has 0 heterocycles. The number of rotatable bonds is 11. The fourth-order valence-corrected chi connectivity index (χ4v) is 1.71. The Morgan fingerprint density at radius 2 is 1.86 bits per heavy atom. The number of hydrogen-bond donors (Lipinski definition) is 2. The normalized spacial score (nSPS) is 11.5. The van der Waals surface area contributed by atoms with E-state index in [2.05, 4.69) is 12.2 Å². The van der Waals surface area contributed by atoms with Crippen molar-refractivity contribution in [1.29, 1.82) is 0 Å². The van der Waals surface area contributed by atoms with Gasteiger partial charge in [-0.2, -0.15) is 0 Å². The largest absolute Gasteiger partial charge is 0.444 e. The van der Waals surface area contributed by atoms with Crippen LogP contribution in [0.2, 0.25) is 0 Å². The third kappa shape index (κ3) is 13.6. The minimum absolute atomic E-state index is 0.250. The number of unbranched alkanes of at least 4 members (excludes halogenated alkanes) is 1. The SMILES string of the molecule is CCCCN(CCOCCNC(=O)OC(C)(C)C)CC(N)=O. The fourth-order valence-electron chi connectivity index (χ4n) is 1.71. The lowest BCUT2D eigenvalue weighted by Gasteiger charge is -2.21. The van der Waals surface area contributed by atoms with Crippen LogP contribution in [0.15, 0.2) is 0 Å². The van der Waals surface area contributed by atoms with Gasteiger partial charge >= 0.3 is 6.09 Å². The molecule has 0 aliphatic rings. The second-order valence-corrected chi connectivity index (χ2v) is 6.14. The summed E-state index contributed by atoms with van der Waals surface area (Å²) in [5.74, 6) is -0.331. The summed E-state index contributed by atoms with van der Waals surface area (Å²) in [7, 11) is 0. The number of primary amides is 1. The van der Waals surface area contributed by atoms with Gasteiger partial charge in [0.05, 0.1) is 19.8 Å². The molecule has 0 aromatic heterocycles. The first-order valence-corrected chi connectivity index (χ1v) is 7.80. The molecule has 0 radical (unpaired) electrons. The molecule has 0 atom stereocenters. The van der Waals surface area contributed by atoms with Crippen LogP contribution in [0.5, 0.6) is 0 Å². The average molecular weight is 317 g/mol. The molecule has 7 nitrogen and oxygen atoms in total. The fraction of sp³-hybridized carbons (Fsp3) is 0.867. The molecule has 0 aliphatic carbocycles. The number of nitrogens with two attached hydrogens (primary N) is 1. The molecule has 0 aliphatic heterocycles. The van der Waals surface area contributed by atoms with Crippen LogP contribution in [0, 0.1) is 0 Å². The highest BCUT2D eigenvalue weighted by molar-refractivity contribution is 5.75. The maximum absolute atomic E-state index is 11.4. The summed E-state index contributed by atoms with van der Waals surface area (Å²) >= 11 is 0. The monoisotopic (exact) mass is 317 g/mol. The summed E-state index contributed by atoms with van der Waals surface area (Å²) in [6.07, 6.45) is 1.64. The molecule has 0 aromatic carbocycles. The predicted molar refractivity (Wildman–Crippen MR) is 85.6 cm³/mol. The van der Waals surface area contributed by atoms with Crippen molar-refractivity contribution in [1.82, 2.24) is 10.2 Å². The molecule has 0 rings (SSSR count). The van der Waals surface area contributed by atoms with Crippen molar-refractivity contribution in [2.45, 2.75) is 46.1 Å². The highest BCUT2D eigenvalue weighted by atomic mass is 16.6. The second-order valence-electron chi connectivity index (χ2n) is 6.14. The Bertz CT molecular complexity index is 329. The Labute approximate surface area is 133 Å². The molecule has 3 N–H and O–H groups in total. The van der Waals surface area contributed by atoms with Crippen LogP contribution in [0.1, 0.15) is 40.5 Å². The van der Waals surface area contributed by atoms with Crippen molar-refractivity contribution in [3.63, 3.8) is 0 Å². The first-order valence-electron chi connectivity index (χ1n) is 7.80. The summed E-state index contributed by atoms with van der Waals surface area (Å²) in [5.41, 5.74) is 4.72. The van der Waals surface area contributed by atoms with E-state index in [0.717, 1.165) is 19.4 Å². The minimum atomic E-state index is -0.501. The smallest absolute Gasteiger partial charge is 0.407 e. The lowest BCUT2D eigenvalue weighted by atomic mass is 10.2. The van der Waals surface area contributed by atoms with Crippen molar-refractivity contribution in [2.24, 2.45) is 5.73 Å². The first kappa shape index (κ1) is 20.7. The standard InChI is InChI=1S/C15H31N3O4/c1-5-6-8-18(12-13(16)19)9-11-21-10-7-17-14(20)22-15(2,3)4/h5-12H2,1-4H3,(H2,16,19)(H,17,20). The van der Waals surface area contributed by atoms with Gasteiger partial charge in [0.2, 0.25) is 5.91 Å². The number of amides is 2. The van der Waals surface area contributed by atoms with Gasteiger partial charge in [0, 0.05) is 13.1 Å². The van der Waals surface area contributed by atoms with E-state index in [4.69, 9.17) is 15.2 Å². The first-order chi connectivity index (χ1) is 10.2. The van der Waals surface area contributed by atoms with E-state index < -0.39 is 11.7 Å². The van der Waals surface area contributed by atoms with Crippen LogP contribution in [-0.2, 0) is 14.3 Å². The van der Waals surface area contributed by atoms with Gasteiger partial charge in [-0.05, 0) is 33.7 Å². The molecule has 130 valence electrons. The van der Waals surface area contributed by atoms with Gasteiger partial charge in [-0.15, -0.1) is 0 Å². The van der Waals surface area contributed by atoms with Crippen molar-refractivity contribution in [3.05, 3.63) is 0 Å². The summed E-state index contributed by atoms with van der Waals surface area (Å²) in [6, 6.07) is 0. The van der Waals surface area contributed by atoms with E-state index in [1.165, 1.54) is 0 Å². The molecule has 0 saturated heterocycles. The second kappa shape index (κ2) is 11.3. The molecule has 0 unspecified atom stereocenters. The minimum Gasteiger partial charge on any atom is -0.444 e. The highest BCUT2D eigenvalue weighted by Crippen LogP contribution is 2.06. The van der Waals surface area contributed by atoms with Gasteiger partial charge < -0.3 is 20.5 Å². The van der Waals surface area contributed by atoms with Gasteiger partial charge in [-0.25, -0.2) is 4.79 Å². The molecule has 0 saturated carbocycles. The number of carbonyl (C=O) groups excluding carboxylic acids is 2. The molecule has 0 bridgehead atoms. The van der Waals surface area contributed by atoms with Gasteiger partial charge in [0.15, 0.2) is 0 Å². The van der Waals surface area contributed by atoms with E-state index in [1.54, 1.807) is 0 Å². The van der Waals surface area contributed by atoms with E-state index in [9.17, 15) is 9.59 Å². The average Bonchev–Trinajstić information content (AvgIpc) is 2.36. The Kier molecular flexibility index (Phi) is 10.6. The molecule has 0 aromatic rings. The van der Waals surface area contributed by atoms with Crippen molar-refractivity contribution in [2.75, 3.05) is 39.4 Å². The van der Waals surface area contributed by atoms with Crippen LogP contribution < -0.4 is 11.1 Å². The number of nitrogens with one attached hydrogen (secondary N) is 1. The third-order valence-corrected chi connectivity index (χ3v) is 2.67. The van der Waals surface area contributed by atoms with Gasteiger partial charge in [-0.1, -0.05) is 13.3 Å². The zero-order valence-electron chi connectivity index (χ0n) is 14.3. The maximum Gasteiger partial charge on any atom is 0.407 e. The predicted octanol–water partition coefficient (Wildman–Crippen LogP) is 1.12. The number of carbonyl (C=O) groups is 2. The van der Waals surface area contributed by atoms with E-state index in [0.29, 0.717) is 26.3 Å². The molecule has 2 amide bonds. The van der Waals surface area contributed by atoms with Gasteiger partial charge in [0.1, 0.15) is 5.60 Å². The Hall–Kier alpha value is -1.34. The van der Waals surface area contributed by atoms with Crippen molar-refractivity contribution in [3.8, 4) is 0 Å². The Morgan fingerprint density at radius 3 is 2.41 bits per heavy atom. The van der Waals surface area contributed by atoms with Gasteiger partial charge in [-0.3, -0.25) is 9.69 Å². The van der Waals surface area contributed by atoms with Crippen molar-refractivity contribution < 1.29 is 19.1 Å². The van der Waals surface area contributed by atoms with Crippen LogP contribution in [0.25, 0.3) is 0 Å². The molecule has 7 heteroatoms. The van der Waals surface area contributed by atoms with Crippen molar-refractivity contribution >= 4 is 12.0 Å². The van der Waals surface area contributed by atoms with Crippen LogP contribution in [-0.4, -0.2) is 61.9 Å². The number of ether oxygens (including phenoxy) is 2. The van der Waals surface area contributed by atoms with E-state index in [-0.39, 0.29) is 12.5 Å². The zero-order chi connectivity index (χ0) is 17.0. The summed E-state index contributed by atoms with van der Waals surface area (Å²) in [4.78, 5) is 24.3. The third-order valence-electron chi connectivity index (χ3n) is 2.67. The zero-order valence-corrected chi connectivity index (χ0v) is 14.3. The highest BCUT2D eigenvalue weighted by Gasteiger charge is 2.15. The summed E-state index contributed by atoms with van der Waals surface area (Å²) in [5, 5.41) is 2.62. The van der Waals surface area contributed by atoms with Crippen LogP contribution in [0.4, 0.5) is 4.79 Å². The van der Waals surface area contributed by atoms with E-state index >= 15 is 0 Å². The van der Waals surface area contributed by atoms with Gasteiger partial charge in [0.25, 0.3) is 0 Å². The van der Waals surface area contributed by atoms with Crippen LogP contribution in [0.3, 0.4) is 0 Å². The Balaban J connectivity index is 3.72. The maximum atomic E-state index is 11.4. The lowest BCUT2D eigenvalue weighted by molar-refractivity contribution is -0.119. The quantitative estimate of drug-likeness (QED) is 0.557. The number of hydrogen-bond acceptors (Lipinski definition) is 5. The molecule has 22 heavy (non-hydrogen) atoms. The molecular formula is C15H31N3O4. The molecular weight excluding hydrogens is 286 g/mol. The summed E-state index contributed by atoms with van der Waals surface area (Å²) in [6.45, 7) is 10.5. The molecule has 0 spiro atoms. The number of nitrogens with zero attached hydrogens (tertiary/aromatic N) is 1. The molecule has 0 fully saturated rings. The number of alkyl carbamates (subject to hydrolysis) is 1. The Morgan fingerprint density at radius 1 is 1.18 bits per heavy atom.